The van der Waals surface area contributed by atoms with Crippen LogP contribution in [0.2, 0.25) is 15.1 Å². The van der Waals surface area contributed by atoms with Crippen molar-refractivity contribution in [2.75, 3.05) is 4.72 Å². The number of amides is 1. The first-order valence-corrected chi connectivity index (χ1v) is 11.5. The molecule has 0 aromatic heterocycles. The number of anilines is 1. The molecule has 0 radical (unpaired) electrons. The number of carbonyl (C=O) groups is 1. The molecule has 31 heavy (non-hydrogen) atoms. The summed E-state index contributed by atoms with van der Waals surface area (Å²) in [7, 11) is -3.96. The first-order chi connectivity index (χ1) is 14.7. The molecule has 6 nitrogen and oxygen atoms in total. The first kappa shape index (κ1) is 23.1. The lowest BCUT2D eigenvalue weighted by Crippen LogP contribution is -2.20. The van der Waals surface area contributed by atoms with E-state index in [1.54, 1.807) is 43.3 Å². The van der Waals surface area contributed by atoms with Crippen molar-refractivity contribution in [1.29, 1.82) is 0 Å². The van der Waals surface area contributed by atoms with E-state index in [1.165, 1.54) is 30.3 Å². The highest BCUT2D eigenvalue weighted by atomic mass is 35.5. The van der Waals surface area contributed by atoms with Crippen molar-refractivity contribution >= 4 is 62.1 Å². The molecule has 3 rings (SSSR count). The van der Waals surface area contributed by atoms with E-state index < -0.39 is 15.9 Å². The number of benzene rings is 3. The van der Waals surface area contributed by atoms with Gasteiger partial charge in [0.25, 0.3) is 15.9 Å². The molecule has 0 saturated carbocycles. The summed E-state index contributed by atoms with van der Waals surface area (Å²) in [6, 6.07) is 16.9. The average Bonchev–Trinajstić information content (AvgIpc) is 2.75. The Balaban J connectivity index is 1.80. The molecule has 0 unspecified atom stereocenters. The van der Waals surface area contributed by atoms with Crippen molar-refractivity contribution < 1.29 is 13.2 Å². The maximum Gasteiger partial charge on any atom is 0.271 e. The van der Waals surface area contributed by atoms with E-state index >= 15 is 0 Å². The Morgan fingerprint density at radius 3 is 2.39 bits per heavy atom. The molecular weight excluding hydrogens is 481 g/mol. The van der Waals surface area contributed by atoms with Gasteiger partial charge in [0, 0.05) is 21.2 Å². The summed E-state index contributed by atoms with van der Waals surface area (Å²) in [6.07, 6.45) is 0. The van der Waals surface area contributed by atoms with E-state index in [-0.39, 0.29) is 21.2 Å². The lowest BCUT2D eigenvalue weighted by atomic mass is 10.1. The number of rotatable bonds is 6. The number of nitrogens with one attached hydrogen (secondary N) is 2. The van der Waals surface area contributed by atoms with Crippen molar-refractivity contribution in [1.82, 2.24) is 5.43 Å². The number of hydrazone groups is 1. The van der Waals surface area contributed by atoms with Gasteiger partial charge in [-0.25, -0.2) is 13.8 Å². The molecule has 3 aromatic rings. The summed E-state index contributed by atoms with van der Waals surface area (Å²) in [5.41, 5.74) is 3.73. The summed E-state index contributed by atoms with van der Waals surface area (Å²) in [5.74, 6) is -0.590. The zero-order chi connectivity index (χ0) is 22.6. The Hall–Kier alpha value is -2.58. The second kappa shape index (κ2) is 9.70. The number of para-hydroxylation sites is 1. The largest absolute Gasteiger partial charge is 0.278 e. The van der Waals surface area contributed by atoms with Gasteiger partial charge in [0.2, 0.25) is 0 Å². The second-order valence-corrected chi connectivity index (χ2v) is 9.31. The van der Waals surface area contributed by atoms with Crippen molar-refractivity contribution in [3.63, 3.8) is 0 Å². The summed E-state index contributed by atoms with van der Waals surface area (Å²) in [5, 5.41) is 5.19. The minimum atomic E-state index is -3.96. The molecule has 0 spiro atoms. The fourth-order valence-corrected chi connectivity index (χ4v) is 4.38. The Labute approximate surface area is 194 Å². The summed E-state index contributed by atoms with van der Waals surface area (Å²) in [4.78, 5) is 12.4. The third-order valence-electron chi connectivity index (χ3n) is 4.17. The van der Waals surface area contributed by atoms with Crippen molar-refractivity contribution in [3.05, 3.63) is 92.9 Å². The molecule has 0 bridgehead atoms. The van der Waals surface area contributed by atoms with Gasteiger partial charge < -0.3 is 0 Å². The number of nitrogens with zero attached hydrogens (tertiary/aromatic N) is 1. The van der Waals surface area contributed by atoms with Crippen LogP contribution in [-0.2, 0) is 10.0 Å². The standard InChI is InChI=1S/C21H16Cl3N3O3S/c1-13(17-12-15(22)9-10-18(17)23)25-26-21(28)14-5-4-6-16(11-14)31(29,30)27-20-8-3-2-7-19(20)24/h2-12,27H,1H3,(H,26,28). The molecule has 0 aliphatic heterocycles. The van der Waals surface area contributed by atoms with Crippen LogP contribution in [0.5, 0.6) is 0 Å². The molecule has 1 amide bonds. The number of carbonyl (C=O) groups excluding carboxylic acids is 1. The van der Waals surface area contributed by atoms with Crippen LogP contribution in [0.15, 0.2) is 76.7 Å². The maximum atomic E-state index is 12.7. The predicted octanol–water partition coefficient (Wildman–Crippen LogP) is 5.60. The van der Waals surface area contributed by atoms with Crippen LogP contribution < -0.4 is 10.1 Å². The third-order valence-corrected chi connectivity index (χ3v) is 6.43. The van der Waals surface area contributed by atoms with Crippen molar-refractivity contribution in [2.45, 2.75) is 11.8 Å². The average molecular weight is 497 g/mol. The second-order valence-electron chi connectivity index (χ2n) is 6.38. The maximum absolute atomic E-state index is 12.7. The number of halogens is 3. The lowest BCUT2D eigenvalue weighted by molar-refractivity contribution is 0.0954. The highest BCUT2D eigenvalue weighted by Gasteiger charge is 2.18. The molecule has 0 saturated heterocycles. The molecule has 0 aliphatic carbocycles. The molecular formula is C21H16Cl3N3O3S. The highest BCUT2D eigenvalue weighted by Crippen LogP contribution is 2.24. The molecule has 0 fully saturated rings. The van der Waals surface area contributed by atoms with Crippen LogP contribution in [0.25, 0.3) is 0 Å². The summed E-state index contributed by atoms with van der Waals surface area (Å²) >= 11 is 18.1. The van der Waals surface area contributed by atoms with Crippen LogP contribution >= 0.6 is 34.8 Å². The first-order valence-electron chi connectivity index (χ1n) is 8.85. The van der Waals surface area contributed by atoms with Crippen LogP contribution in [0.3, 0.4) is 0 Å². The van der Waals surface area contributed by atoms with Gasteiger partial charge in [-0.3, -0.25) is 9.52 Å². The zero-order valence-electron chi connectivity index (χ0n) is 16.1. The third kappa shape index (κ3) is 5.77. The smallest absolute Gasteiger partial charge is 0.271 e. The minimum Gasteiger partial charge on any atom is -0.278 e. The van der Waals surface area contributed by atoms with E-state index in [0.29, 0.717) is 21.3 Å². The quantitative estimate of drug-likeness (QED) is 0.344. The number of sulfonamides is 1. The highest BCUT2D eigenvalue weighted by molar-refractivity contribution is 7.92. The molecule has 0 atom stereocenters. The Kier molecular flexibility index (Phi) is 7.23. The summed E-state index contributed by atoms with van der Waals surface area (Å²) in [6.45, 7) is 1.66. The van der Waals surface area contributed by atoms with Crippen LogP contribution in [0, 0.1) is 0 Å². The van der Waals surface area contributed by atoms with E-state index in [0.717, 1.165) is 0 Å². The van der Waals surface area contributed by atoms with E-state index in [2.05, 4.69) is 15.2 Å². The predicted molar refractivity (Wildman–Crippen MR) is 125 cm³/mol. The zero-order valence-corrected chi connectivity index (χ0v) is 19.1. The number of hydrogen-bond donors (Lipinski definition) is 2. The van der Waals surface area contributed by atoms with Crippen LogP contribution in [0.1, 0.15) is 22.8 Å². The summed E-state index contributed by atoms with van der Waals surface area (Å²) < 4.78 is 27.8. The van der Waals surface area contributed by atoms with Crippen molar-refractivity contribution in [2.24, 2.45) is 5.10 Å². The normalized spacial score (nSPS) is 11.8. The minimum absolute atomic E-state index is 0.0985. The van der Waals surface area contributed by atoms with Gasteiger partial charge in [-0.05, 0) is 55.5 Å². The molecule has 0 heterocycles. The van der Waals surface area contributed by atoms with Gasteiger partial charge in [0.05, 0.1) is 21.3 Å². The number of hydrogen-bond acceptors (Lipinski definition) is 4. The topological polar surface area (TPSA) is 87.6 Å². The van der Waals surface area contributed by atoms with Gasteiger partial charge in [0.15, 0.2) is 0 Å². The SMILES string of the molecule is CC(=NNC(=O)c1cccc(S(=O)(=O)Nc2ccccc2Cl)c1)c1cc(Cl)ccc1Cl. The molecule has 3 aromatic carbocycles. The van der Waals surface area contributed by atoms with E-state index in [1.807, 2.05) is 0 Å². The molecule has 10 heteroatoms. The van der Waals surface area contributed by atoms with Gasteiger partial charge in [0.1, 0.15) is 0 Å². The van der Waals surface area contributed by atoms with E-state index in [4.69, 9.17) is 34.8 Å². The van der Waals surface area contributed by atoms with Gasteiger partial charge in [-0.15, -0.1) is 0 Å². The van der Waals surface area contributed by atoms with Crippen LogP contribution in [0.4, 0.5) is 5.69 Å². The van der Waals surface area contributed by atoms with Crippen LogP contribution in [-0.4, -0.2) is 20.0 Å². The van der Waals surface area contributed by atoms with Gasteiger partial charge in [-0.1, -0.05) is 53.0 Å². The fourth-order valence-electron chi connectivity index (χ4n) is 2.59. The molecule has 2 N–H and O–H groups in total. The Morgan fingerprint density at radius 2 is 1.65 bits per heavy atom. The van der Waals surface area contributed by atoms with Gasteiger partial charge >= 0.3 is 0 Å². The van der Waals surface area contributed by atoms with E-state index in [9.17, 15) is 13.2 Å². The monoisotopic (exact) mass is 495 g/mol. The Morgan fingerprint density at radius 1 is 0.903 bits per heavy atom. The van der Waals surface area contributed by atoms with Gasteiger partial charge in [-0.2, -0.15) is 5.10 Å². The molecule has 0 aliphatic rings. The Bertz CT molecular complexity index is 1280. The van der Waals surface area contributed by atoms with Crippen molar-refractivity contribution in [3.8, 4) is 0 Å². The lowest BCUT2D eigenvalue weighted by Gasteiger charge is -2.10. The molecule has 160 valence electrons. The fraction of sp³-hybridized carbons (Fsp3) is 0.0476.